The standard InChI is InChI=1S/C16H36O4Si2/c1-15(2,3)21(7,8)19-12-13(11-14(17)18)20-22(9,10)16(4,5)6/h13H,11-12H2,1-10H3,(H,17,18)/t13-/m0/s1. The van der Waals surface area contributed by atoms with Crippen LogP contribution >= 0.6 is 0 Å². The monoisotopic (exact) mass is 348 g/mol. The van der Waals surface area contributed by atoms with Gasteiger partial charge in [-0.15, -0.1) is 0 Å². The van der Waals surface area contributed by atoms with Crippen molar-refractivity contribution in [3.63, 3.8) is 0 Å². The summed E-state index contributed by atoms with van der Waals surface area (Å²) in [6.07, 6.45) is -0.367. The highest BCUT2D eigenvalue weighted by Gasteiger charge is 2.41. The lowest BCUT2D eigenvalue weighted by atomic mass is 10.2. The molecule has 132 valence electrons. The fourth-order valence-corrected chi connectivity index (χ4v) is 3.81. The topological polar surface area (TPSA) is 55.8 Å². The van der Waals surface area contributed by atoms with Crippen LogP contribution in [0.1, 0.15) is 48.0 Å². The van der Waals surface area contributed by atoms with Gasteiger partial charge in [-0.1, -0.05) is 41.5 Å². The van der Waals surface area contributed by atoms with Crippen LogP contribution in [0.2, 0.25) is 36.3 Å². The molecule has 0 amide bonds. The zero-order chi connectivity index (χ0) is 18.0. The van der Waals surface area contributed by atoms with E-state index in [4.69, 9.17) is 14.0 Å². The summed E-state index contributed by atoms with van der Waals surface area (Å²) in [5, 5.41) is 9.33. The van der Waals surface area contributed by atoms with Gasteiger partial charge in [0.1, 0.15) is 0 Å². The van der Waals surface area contributed by atoms with Gasteiger partial charge in [0.2, 0.25) is 0 Å². The summed E-state index contributed by atoms with van der Waals surface area (Å²) < 4.78 is 12.5. The zero-order valence-electron chi connectivity index (χ0n) is 16.2. The van der Waals surface area contributed by atoms with Crippen LogP contribution < -0.4 is 0 Å². The molecule has 0 saturated heterocycles. The van der Waals surface area contributed by atoms with E-state index in [0.29, 0.717) is 6.61 Å². The Morgan fingerprint density at radius 2 is 1.36 bits per heavy atom. The molecule has 22 heavy (non-hydrogen) atoms. The minimum absolute atomic E-state index is 0.00112. The fourth-order valence-electron chi connectivity index (χ4n) is 1.44. The van der Waals surface area contributed by atoms with E-state index >= 15 is 0 Å². The first-order valence-electron chi connectivity index (χ1n) is 8.03. The number of hydrogen-bond acceptors (Lipinski definition) is 3. The average Bonchev–Trinajstić information content (AvgIpc) is 2.21. The highest BCUT2D eigenvalue weighted by molar-refractivity contribution is 6.74. The molecule has 0 aromatic rings. The number of carbonyl (C=O) groups is 1. The van der Waals surface area contributed by atoms with E-state index in [1.165, 1.54) is 0 Å². The summed E-state index contributed by atoms with van der Waals surface area (Å²) in [5.41, 5.74) is 0. The van der Waals surface area contributed by atoms with E-state index in [1.807, 2.05) is 0 Å². The van der Waals surface area contributed by atoms with Gasteiger partial charge >= 0.3 is 5.97 Å². The minimum Gasteiger partial charge on any atom is -0.481 e. The molecule has 0 bridgehead atoms. The molecule has 0 spiro atoms. The summed E-state index contributed by atoms with van der Waals surface area (Å²) in [7, 11) is -3.90. The average molecular weight is 349 g/mol. The van der Waals surface area contributed by atoms with E-state index in [0.717, 1.165) is 0 Å². The third-order valence-electron chi connectivity index (χ3n) is 5.11. The van der Waals surface area contributed by atoms with E-state index in [2.05, 4.69) is 67.7 Å². The highest BCUT2D eigenvalue weighted by atomic mass is 28.4. The first kappa shape index (κ1) is 21.8. The molecule has 0 radical (unpaired) electrons. The van der Waals surface area contributed by atoms with E-state index in [-0.39, 0.29) is 22.6 Å². The number of carboxylic acids is 1. The van der Waals surface area contributed by atoms with Crippen molar-refractivity contribution in [1.82, 2.24) is 0 Å². The number of hydrogen-bond donors (Lipinski definition) is 1. The quantitative estimate of drug-likeness (QED) is 0.667. The van der Waals surface area contributed by atoms with Gasteiger partial charge in [0.05, 0.1) is 19.1 Å². The van der Waals surface area contributed by atoms with Crippen molar-refractivity contribution in [3.8, 4) is 0 Å². The van der Waals surface area contributed by atoms with Gasteiger partial charge in [-0.3, -0.25) is 4.79 Å². The third kappa shape index (κ3) is 6.52. The van der Waals surface area contributed by atoms with Crippen molar-refractivity contribution in [2.45, 2.75) is 90.3 Å². The van der Waals surface area contributed by atoms with Gasteiger partial charge in [0, 0.05) is 0 Å². The van der Waals surface area contributed by atoms with Crippen LogP contribution in [0.3, 0.4) is 0 Å². The number of rotatable bonds is 7. The maximum absolute atomic E-state index is 11.2. The molecule has 0 aliphatic rings. The fraction of sp³-hybridized carbons (Fsp3) is 0.938. The molecule has 0 rings (SSSR count). The third-order valence-corrected chi connectivity index (χ3v) is 14.1. The predicted molar refractivity (Wildman–Crippen MR) is 97.5 cm³/mol. The number of aliphatic carboxylic acids is 1. The lowest BCUT2D eigenvalue weighted by Gasteiger charge is -2.41. The normalized spacial score (nSPS) is 15.7. The summed E-state index contributed by atoms with van der Waals surface area (Å²) in [6.45, 7) is 22.0. The highest BCUT2D eigenvalue weighted by Crippen LogP contribution is 2.39. The second-order valence-electron chi connectivity index (χ2n) is 9.17. The maximum Gasteiger partial charge on any atom is 0.306 e. The van der Waals surface area contributed by atoms with Crippen LogP contribution in [0.5, 0.6) is 0 Å². The van der Waals surface area contributed by atoms with Crippen molar-refractivity contribution in [2.24, 2.45) is 0 Å². The van der Waals surface area contributed by atoms with Gasteiger partial charge in [-0.05, 0) is 36.3 Å². The van der Waals surface area contributed by atoms with Crippen LogP contribution in [-0.4, -0.2) is 40.4 Å². The largest absolute Gasteiger partial charge is 0.481 e. The van der Waals surface area contributed by atoms with Crippen molar-refractivity contribution in [3.05, 3.63) is 0 Å². The van der Waals surface area contributed by atoms with Crippen LogP contribution in [0.25, 0.3) is 0 Å². The van der Waals surface area contributed by atoms with Gasteiger partial charge in [-0.2, -0.15) is 0 Å². The van der Waals surface area contributed by atoms with Crippen molar-refractivity contribution in [2.75, 3.05) is 6.61 Å². The lowest BCUT2D eigenvalue weighted by molar-refractivity contribution is -0.139. The van der Waals surface area contributed by atoms with E-state index in [1.54, 1.807) is 0 Å². The SMILES string of the molecule is CC(C)(C)[Si](C)(C)OC[C@H](CC(=O)O)O[Si](C)(C)C(C)(C)C. The molecule has 0 unspecified atom stereocenters. The summed E-state index contributed by atoms with van der Waals surface area (Å²) >= 11 is 0. The maximum atomic E-state index is 11.2. The summed E-state index contributed by atoms with van der Waals surface area (Å²) in [4.78, 5) is 11.2. The van der Waals surface area contributed by atoms with E-state index in [9.17, 15) is 4.79 Å². The molecule has 1 N–H and O–H groups in total. The van der Waals surface area contributed by atoms with E-state index < -0.39 is 22.6 Å². The van der Waals surface area contributed by atoms with Crippen molar-refractivity contribution in [1.29, 1.82) is 0 Å². The Bertz CT molecular complexity index is 379. The Morgan fingerprint density at radius 1 is 0.955 bits per heavy atom. The Morgan fingerprint density at radius 3 is 1.68 bits per heavy atom. The van der Waals surface area contributed by atoms with Crippen LogP contribution in [0, 0.1) is 0 Å². The molecule has 0 aromatic heterocycles. The minimum atomic E-state index is -2.00. The van der Waals surface area contributed by atoms with Crippen molar-refractivity contribution < 1.29 is 18.8 Å². The molecule has 1 atom stereocenters. The molecule has 4 nitrogen and oxygen atoms in total. The smallest absolute Gasteiger partial charge is 0.306 e. The van der Waals surface area contributed by atoms with Gasteiger partial charge < -0.3 is 14.0 Å². The number of carboxylic acid groups (broad SMARTS) is 1. The molecule has 0 heterocycles. The molecule has 0 aromatic carbocycles. The van der Waals surface area contributed by atoms with Crippen molar-refractivity contribution >= 4 is 22.6 Å². The summed E-state index contributed by atoms with van der Waals surface area (Å²) in [6, 6.07) is 0. The molecule has 0 aliphatic carbocycles. The Balaban J connectivity index is 4.99. The van der Waals surface area contributed by atoms with Crippen LogP contribution in [0.15, 0.2) is 0 Å². The second kappa shape index (κ2) is 7.15. The molecule has 0 fully saturated rings. The first-order valence-corrected chi connectivity index (χ1v) is 13.8. The van der Waals surface area contributed by atoms with Gasteiger partial charge in [-0.25, -0.2) is 0 Å². The zero-order valence-corrected chi connectivity index (χ0v) is 18.2. The van der Waals surface area contributed by atoms with Gasteiger partial charge in [0.15, 0.2) is 16.6 Å². The molecular formula is C16H36O4Si2. The summed E-state index contributed by atoms with van der Waals surface area (Å²) in [5.74, 6) is -0.831. The molecule has 6 heteroatoms. The Hall–Kier alpha value is -0.176. The Kier molecular flexibility index (Phi) is 7.10. The molecule has 0 saturated carbocycles. The van der Waals surface area contributed by atoms with Crippen LogP contribution in [0.4, 0.5) is 0 Å². The lowest BCUT2D eigenvalue weighted by Crippen LogP contribution is -2.48. The predicted octanol–water partition coefficient (Wildman–Crippen LogP) is 4.87. The molecular weight excluding hydrogens is 312 g/mol. The van der Waals surface area contributed by atoms with Gasteiger partial charge in [0.25, 0.3) is 0 Å². The second-order valence-corrected chi connectivity index (χ2v) is 18.7. The first-order chi connectivity index (χ1) is 9.49. The molecule has 0 aliphatic heterocycles. The Labute approximate surface area is 138 Å². The van der Waals surface area contributed by atoms with Crippen LogP contribution in [-0.2, 0) is 13.6 Å².